The Labute approximate surface area is 113 Å². The molecule has 0 aromatic carbocycles. The molecule has 0 spiro atoms. The van der Waals surface area contributed by atoms with Gasteiger partial charge in [0.25, 0.3) is 5.91 Å². The molecule has 0 atom stereocenters. The fraction of sp³-hybridized carbons (Fsp3) is 0.500. The molecule has 0 aliphatic heterocycles. The lowest BCUT2D eigenvalue weighted by molar-refractivity contribution is -0.140. The highest BCUT2D eigenvalue weighted by Crippen LogP contribution is 2.10. The van der Waals surface area contributed by atoms with Crippen molar-refractivity contribution in [2.24, 2.45) is 0 Å². The summed E-state index contributed by atoms with van der Waals surface area (Å²) >= 11 is 0. The van der Waals surface area contributed by atoms with E-state index in [4.69, 9.17) is 0 Å². The lowest BCUT2D eigenvalue weighted by Crippen LogP contribution is -2.33. The molecule has 5 heteroatoms. The molecule has 0 radical (unpaired) electrons. The van der Waals surface area contributed by atoms with E-state index >= 15 is 0 Å². The van der Waals surface area contributed by atoms with Gasteiger partial charge in [-0.2, -0.15) is 0 Å². The monoisotopic (exact) mass is 264 g/mol. The average molecular weight is 264 g/mol. The first-order valence-corrected chi connectivity index (χ1v) is 6.30. The minimum Gasteiger partial charge on any atom is -0.469 e. The van der Waals surface area contributed by atoms with E-state index in [1.165, 1.54) is 7.11 Å². The second-order valence-corrected chi connectivity index (χ2v) is 4.30. The van der Waals surface area contributed by atoms with Gasteiger partial charge in [0.05, 0.1) is 24.8 Å². The molecule has 1 aromatic heterocycles. The van der Waals surface area contributed by atoms with Gasteiger partial charge in [-0.25, -0.2) is 0 Å². The maximum atomic E-state index is 12.3. The first kappa shape index (κ1) is 15.1. The summed E-state index contributed by atoms with van der Waals surface area (Å²) < 4.78 is 4.58. The first-order chi connectivity index (χ1) is 8.99. The van der Waals surface area contributed by atoms with Gasteiger partial charge in [0.2, 0.25) is 0 Å². The fourth-order valence-electron chi connectivity index (χ4n) is 1.81. The quantitative estimate of drug-likeness (QED) is 0.760. The number of pyridine rings is 1. The molecule has 1 aromatic rings. The molecule has 0 aliphatic rings. The number of carbonyl (C=O) groups is 2. The summed E-state index contributed by atoms with van der Waals surface area (Å²) in [6.45, 7) is 6.48. The van der Waals surface area contributed by atoms with Gasteiger partial charge in [-0.05, 0) is 32.9 Å². The molecule has 0 saturated heterocycles. The van der Waals surface area contributed by atoms with Crippen molar-refractivity contribution in [3.05, 3.63) is 29.1 Å². The van der Waals surface area contributed by atoms with Gasteiger partial charge in [0, 0.05) is 18.8 Å². The number of hydrogen-bond acceptors (Lipinski definition) is 4. The SMILES string of the molecule is CCN(CCC(=O)OC)C(=O)c1ccc(C)nc1C. The molecule has 104 valence electrons. The van der Waals surface area contributed by atoms with Crippen LogP contribution in [0, 0.1) is 13.8 Å². The fourth-order valence-corrected chi connectivity index (χ4v) is 1.81. The van der Waals surface area contributed by atoms with Crippen molar-refractivity contribution < 1.29 is 14.3 Å². The van der Waals surface area contributed by atoms with Crippen LogP contribution in [-0.4, -0.2) is 42.0 Å². The zero-order valence-electron chi connectivity index (χ0n) is 11.9. The maximum Gasteiger partial charge on any atom is 0.307 e. The number of amides is 1. The summed E-state index contributed by atoms with van der Waals surface area (Å²) in [7, 11) is 1.34. The van der Waals surface area contributed by atoms with Crippen LogP contribution in [0.4, 0.5) is 0 Å². The molecule has 0 saturated carbocycles. The van der Waals surface area contributed by atoms with Crippen molar-refractivity contribution in [2.75, 3.05) is 20.2 Å². The Bertz CT molecular complexity index is 472. The minimum absolute atomic E-state index is 0.101. The molecule has 0 fully saturated rings. The Morgan fingerprint density at radius 1 is 1.32 bits per heavy atom. The standard InChI is InChI=1S/C14H20N2O3/c1-5-16(9-8-13(17)19-4)14(18)12-7-6-10(2)15-11(12)3/h6-7H,5,8-9H2,1-4H3. The van der Waals surface area contributed by atoms with Crippen molar-refractivity contribution in [3.8, 4) is 0 Å². The second-order valence-electron chi connectivity index (χ2n) is 4.30. The predicted molar refractivity (Wildman–Crippen MR) is 71.9 cm³/mol. The zero-order chi connectivity index (χ0) is 14.4. The van der Waals surface area contributed by atoms with Gasteiger partial charge in [-0.15, -0.1) is 0 Å². The number of aromatic nitrogens is 1. The highest BCUT2D eigenvalue weighted by Gasteiger charge is 2.17. The Morgan fingerprint density at radius 3 is 2.53 bits per heavy atom. The third kappa shape index (κ3) is 4.05. The number of methoxy groups -OCH3 is 1. The van der Waals surface area contributed by atoms with Crippen LogP contribution in [-0.2, 0) is 9.53 Å². The molecule has 0 unspecified atom stereocenters. The highest BCUT2D eigenvalue weighted by molar-refractivity contribution is 5.95. The van der Waals surface area contributed by atoms with Gasteiger partial charge in [-0.3, -0.25) is 14.6 Å². The Kier molecular flexibility index (Phi) is 5.48. The molecule has 1 heterocycles. The lowest BCUT2D eigenvalue weighted by Gasteiger charge is -2.21. The summed E-state index contributed by atoms with van der Waals surface area (Å²) in [5, 5.41) is 0. The van der Waals surface area contributed by atoms with E-state index in [-0.39, 0.29) is 18.3 Å². The number of rotatable bonds is 5. The highest BCUT2D eigenvalue weighted by atomic mass is 16.5. The minimum atomic E-state index is -0.315. The molecule has 1 amide bonds. The maximum absolute atomic E-state index is 12.3. The van der Waals surface area contributed by atoms with Crippen LogP contribution in [0.25, 0.3) is 0 Å². The van der Waals surface area contributed by atoms with Crippen molar-refractivity contribution in [1.82, 2.24) is 9.88 Å². The Balaban J connectivity index is 2.80. The average Bonchev–Trinajstić information content (AvgIpc) is 2.38. The molecule has 0 aliphatic carbocycles. The third-order valence-electron chi connectivity index (χ3n) is 2.94. The zero-order valence-corrected chi connectivity index (χ0v) is 11.9. The summed E-state index contributed by atoms with van der Waals surface area (Å²) in [5.41, 5.74) is 2.17. The van der Waals surface area contributed by atoms with E-state index in [0.29, 0.717) is 24.3 Å². The summed E-state index contributed by atoms with van der Waals surface area (Å²) in [4.78, 5) is 29.4. The van der Waals surface area contributed by atoms with Crippen LogP contribution in [0.5, 0.6) is 0 Å². The molecule has 0 bridgehead atoms. The van der Waals surface area contributed by atoms with Gasteiger partial charge in [-0.1, -0.05) is 0 Å². The molecular formula is C14H20N2O3. The summed E-state index contributed by atoms with van der Waals surface area (Å²) in [6.07, 6.45) is 0.203. The second kappa shape index (κ2) is 6.87. The number of hydrogen-bond donors (Lipinski definition) is 0. The van der Waals surface area contributed by atoms with Gasteiger partial charge in [0.1, 0.15) is 0 Å². The van der Waals surface area contributed by atoms with E-state index < -0.39 is 0 Å². The normalized spacial score (nSPS) is 10.1. The van der Waals surface area contributed by atoms with E-state index in [1.807, 2.05) is 26.8 Å². The number of aryl methyl sites for hydroxylation is 2. The van der Waals surface area contributed by atoms with Crippen LogP contribution in [0.2, 0.25) is 0 Å². The molecule has 19 heavy (non-hydrogen) atoms. The van der Waals surface area contributed by atoms with Crippen molar-refractivity contribution in [3.63, 3.8) is 0 Å². The van der Waals surface area contributed by atoms with Crippen molar-refractivity contribution >= 4 is 11.9 Å². The van der Waals surface area contributed by atoms with E-state index in [9.17, 15) is 9.59 Å². The lowest BCUT2D eigenvalue weighted by atomic mass is 10.1. The van der Waals surface area contributed by atoms with Gasteiger partial charge >= 0.3 is 5.97 Å². The van der Waals surface area contributed by atoms with Crippen molar-refractivity contribution in [1.29, 1.82) is 0 Å². The van der Waals surface area contributed by atoms with E-state index in [1.54, 1.807) is 11.0 Å². The molecule has 1 rings (SSSR count). The smallest absolute Gasteiger partial charge is 0.307 e. The largest absolute Gasteiger partial charge is 0.469 e. The number of ether oxygens (including phenoxy) is 1. The van der Waals surface area contributed by atoms with Crippen LogP contribution < -0.4 is 0 Å². The van der Waals surface area contributed by atoms with Crippen LogP contribution in [0.15, 0.2) is 12.1 Å². The summed E-state index contributed by atoms with van der Waals surface area (Å²) in [6, 6.07) is 3.59. The Morgan fingerprint density at radius 2 is 2.00 bits per heavy atom. The van der Waals surface area contributed by atoms with Gasteiger partial charge in [0.15, 0.2) is 0 Å². The van der Waals surface area contributed by atoms with Crippen LogP contribution in [0.3, 0.4) is 0 Å². The van der Waals surface area contributed by atoms with E-state index in [2.05, 4.69) is 9.72 Å². The number of nitrogens with zero attached hydrogens (tertiary/aromatic N) is 2. The van der Waals surface area contributed by atoms with Crippen LogP contribution in [0.1, 0.15) is 35.1 Å². The third-order valence-corrected chi connectivity index (χ3v) is 2.94. The predicted octanol–water partition coefficient (Wildman–Crippen LogP) is 1.72. The first-order valence-electron chi connectivity index (χ1n) is 6.30. The van der Waals surface area contributed by atoms with E-state index in [0.717, 1.165) is 5.69 Å². The molecular weight excluding hydrogens is 244 g/mol. The van der Waals surface area contributed by atoms with Crippen LogP contribution >= 0.6 is 0 Å². The van der Waals surface area contributed by atoms with Crippen molar-refractivity contribution in [2.45, 2.75) is 27.2 Å². The summed E-state index contributed by atoms with van der Waals surface area (Å²) in [5.74, 6) is -0.415. The number of esters is 1. The Hall–Kier alpha value is -1.91. The molecule has 5 nitrogen and oxygen atoms in total. The number of carbonyl (C=O) groups excluding carboxylic acids is 2. The molecule has 0 N–H and O–H groups in total. The van der Waals surface area contributed by atoms with Gasteiger partial charge < -0.3 is 9.64 Å². The topological polar surface area (TPSA) is 59.5 Å².